The highest BCUT2D eigenvalue weighted by Gasteiger charge is 2.10. The predicted octanol–water partition coefficient (Wildman–Crippen LogP) is 3.11. The molecule has 2 aromatic carbocycles. The number of carbonyl (C=O) groups is 1. The van der Waals surface area contributed by atoms with Crippen LogP contribution in [0.4, 0.5) is 0 Å². The third-order valence-corrected chi connectivity index (χ3v) is 3.15. The Labute approximate surface area is 128 Å². The zero-order valence-corrected chi connectivity index (χ0v) is 12.3. The van der Waals surface area contributed by atoms with Crippen LogP contribution in [0.15, 0.2) is 42.5 Å². The second-order valence-corrected chi connectivity index (χ2v) is 4.68. The summed E-state index contributed by atoms with van der Waals surface area (Å²) in [6.07, 6.45) is 0.982. The van der Waals surface area contributed by atoms with Gasteiger partial charge in [-0.3, -0.25) is 0 Å². The first-order valence-corrected chi connectivity index (χ1v) is 7.01. The number of carboxylic acid groups (broad SMARTS) is 1. The molecule has 2 rings (SSSR count). The number of aromatic hydroxyl groups is 1. The molecule has 22 heavy (non-hydrogen) atoms. The quantitative estimate of drug-likeness (QED) is 0.769. The van der Waals surface area contributed by atoms with Gasteiger partial charge in [0.05, 0.1) is 0 Å². The molecule has 0 fully saturated rings. The Balaban J connectivity index is 1.83. The Bertz CT molecular complexity index is 634. The number of aryl methyl sites for hydroxylation is 1. The van der Waals surface area contributed by atoms with Crippen LogP contribution < -0.4 is 9.47 Å². The Morgan fingerprint density at radius 1 is 1.00 bits per heavy atom. The fourth-order valence-corrected chi connectivity index (χ4v) is 1.92. The molecular formula is C17H18O5. The molecule has 0 saturated carbocycles. The Morgan fingerprint density at radius 3 is 2.18 bits per heavy atom. The average Bonchev–Trinajstić information content (AvgIpc) is 2.53. The minimum absolute atomic E-state index is 0.187. The van der Waals surface area contributed by atoms with Gasteiger partial charge in [-0.25, -0.2) is 4.79 Å². The van der Waals surface area contributed by atoms with Crippen molar-refractivity contribution in [2.45, 2.75) is 13.3 Å². The van der Waals surface area contributed by atoms with Gasteiger partial charge in [0.15, 0.2) is 0 Å². The standard InChI is InChI=1S/C17H18O5/c1-2-12-3-5-13(6-4-12)21-9-10-22-14-7-8-16(18)15(11-14)17(19)20/h3-8,11,18H,2,9-10H2,1H3,(H,19,20). The van der Waals surface area contributed by atoms with Gasteiger partial charge in [-0.05, 0) is 42.3 Å². The smallest absolute Gasteiger partial charge is 0.339 e. The van der Waals surface area contributed by atoms with Gasteiger partial charge in [0, 0.05) is 0 Å². The molecule has 0 saturated heterocycles. The fourth-order valence-electron chi connectivity index (χ4n) is 1.92. The first-order chi connectivity index (χ1) is 10.6. The Hall–Kier alpha value is -2.69. The summed E-state index contributed by atoms with van der Waals surface area (Å²) in [6, 6.07) is 11.9. The SMILES string of the molecule is CCc1ccc(OCCOc2ccc(O)c(C(=O)O)c2)cc1. The van der Waals surface area contributed by atoms with Crippen LogP contribution in [0.3, 0.4) is 0 Å². The van der Waals surface area contributed by atoms with E-state index in [1.807, 2.05) is 24.3 Å². The van der Waals surface area contributed by atoms with Gasteiger partial charge in [0.2, 0.25) is 0 Å². The third kappa shape index (κ3) is 4.15. The van der Waals surface area contributed by atoms with Crippen molar-refractivity contribution >= 4 is 5.97 Å². The van der Waals surface area contributed by atoms with Crippen LogP contribution in [0.25, 0.3) is 0 Å². The maximum atomic E-state index is 10.9. The molecule has 0 aliphatic rings. The van der Waals surface area contributed by atoms with E-state index in [-0.39, 0.29) is 17.9 Å². The predicted molar refractivity (Wildman–Crippen MR) is 81.9 cm³/mol. The summed E-state index contributed by atoms with van der Waals surface area (Å²) in [5.74, 6) is -0.347. The van der Waals surface area contributed by atoms with E-state index in [1.165, 1.54) is 23.8 Å². The zero-order chi connectivity index (χ0) is 15.9. The Morgan fingerprint density at radius 2 is 1.59 bits per heavy atom. The lowest BCUT2D eigenvalue weighted by molar-refractivity contribution is 0.0693. The highest BCUT2D eigenvalue weighted by molar-refractivity contribution is 5.91. The molecule has 2 aromatic rings. The van der Waals surface area contributed by atoms with Crippen LogP contribution in [0, 0.1) is 0 Å². The molecule has 0 aliphatic carbocycles. The number of benzene rings is 2. The van der Waals surface area contributed by atoms with Crippen LogP contribution >= 0.6 is 0 Å². The molecule has 2 N–H and O–H groups in total. The van der Waals surface area contributed by atoms with Crippen LogP contribution in [0.5, 0.6) is 17.2 Å². The van der Waals surface area contributed by atoms with Crippen LogP contribution in [0.2, 0.25) is 0 Å². The second kappa shape index (κ2) is 7.36. The highest BCUT2D eigenvalue weighted by Crippen LogP contribution is 2.23. The molecule has 0 amide bonds. The van der Waals surface area contributed by atoms with E-state index in [0.29, 0.717) is 12.4 Å². The van der Waals surface area contributed by atoms with E-state index in [1.54, 1.807) is 0 Å². The summed E-state index contributed by atoms with van der Waals surface area (Å²) in [5.41, 5.74) is 1.06. The lowest BCUT2D eigenvalue weighted by Crippen LogP contribution is -2.09. The first-order valence-electron chi connectivity index (χ1n) is 7.01. The van der Waals surface area contributed by atoms with Crippen molar-refractivity contribution in [1.29, 1.82) is 0 Å². The van der Waals surface area contributed by atoms with E-state index in [2.05, 4.69) is 6.92 Å². The largest absolute Gasteiger partial charge is 0.507 e. The number of rotatable bonds is 7. The molecular weight excluding hydrogens is 284 g/mol. The molecule has 0 bridgehead atoms. The van der Waals surface area contributed by atoms with Crippen LogP contribution in [-0.4, -0.2) is 29.4 Å². The number of aromatic carboxylic acids is 1. The van der Waals surface area contributed by atoms with E-state index in [9.17, 15) is 9.90 Å². The topological polar surface area (TPSA) is 76.0 Å². The lowest BCUT2D eigenvalue weighted by Gasteiger charge is -2.09. The third-order valence-electron chi connectivity index (χ3n) is 3.15. The van der Waals surface area contributed by atoms with Crippen molar-refractivity contribution in [2.75, 3.05) is 13.2 Å². The Kier molecular flexibility index (Phi) is 5.25. The summed E-state index contributed by atoms with van der Waals surface area (Å²) in [7, 11) is 0. The van der Waals surface area contributed by atoms with Crippen LogP contribution in [-0.2, 0) is 6.42 Å². The summed E-state index contributed by atoms with van der Waals surface area (Å²) >= 11 is 0. The van der Waals surface area contributed by atoms with Crippen LogP contribution in [0.1, 0.15) is 22.8 Å². The van der Waals surface area contributed by atoms with Crippen molar-refractivity contribution < 1.29 is 24.5 Å². The van der Waals surface area contributed by atoms with Crippen molar-refractivity contribution in [1.82, 2.24) is 0 Å². The summed E-state index contributed by atoms with van der Waals surface area (Å²) < 4.78 is 11.0. The van der Waals surface area contributed by atoms with Crippen molar-refractivity contribution in [3.8, 4) is 17.2 Å². The molecule has 5 nitrogen and oxygen atoms in total. The van der Waals surface area contributed by atoms with E-state index < -0.39 is 5.97 Å². The summed E-state index contributed by atoms with van der Waals surface area (Å²) in [6.45, 7) is 2.71. The van der Waals surface area contributed by atoms with Gasteiger partial charge >= 0.3 is 5.97 Å². The number of hydrogen-bond donors (Lipinski definition) is 2. The number of carboxylic acids is 1. The van der Waals surface area contributed by atoms with Crippen molar-refractivity contribution in [3.05, 3.63) is 53.6 Å². The molecule has 0 heterocycles. The minimum atomic E-state index is -1.20. The van der Waals surface area contributed by atoms with Gasteiger partial charge in [-0.2, -0.15) is 0 Å². The fraction of sp³-hybridized carbons (Fsp3) is 0.235. The number of hydrogen-bond acceptors (Lipinski definition) is 4. The normalized spacial score (nSPS) is 10.2. The molecule has 116 valence electrons. The van der Waals surface area contributed by atoms with Gasteiger partial charge in [0.1, 0.15) is 36.0 Å². The van der Waals surface area contributed by atoms with Crippen molar-refractivity contribution in [3.63, 3.8) is 0 Å². The molecule has 0 atom stereocenters. The highest BCUT2D eigenvalue weighted by atomic mass is 16.5. The minimum Gasteiger partial charge on any atom is -0.507 e. The molecule has 0 unspecified atom stereocenters. The molecule has 5 heteroatoms. The van der Waals surface area contributed by atoms with E-state index in [0.717, 1.165) is 12.2 Å². The van der Waals surface area contributed by atoms with E-state index >= 15 is 0 Å². The van der Waals surface area contributed by atoms with Gasteiger partial charge in [-0.1, -0.05) is 19.1 Å². The second-order valence-electron chi connectivity index (χ2n) is 4.68. The maximum Gasteiger partial charge on any atom is 0.339 e. The summed E-state index contributed by atoms with van der Waals surface area (Å²) in [4.78, 5) is 10.9. The van der Waals surface area contributed by atoms with Crippen molar-refractivity contribution in [2.24, 2.45) is 0 Å². The molecule has 0 aromatic heterocycles. The van der Waals surface area contributed by atoms with Gasteiger partial charge in [0.25, 0.3) is 0 Å². The van der Waals surface area contributed by atoms with Gasteiger partial charge < -0.3 is 19.7 Å². The van der Waals surface area contributed by atoms with E-state index in [4.69, 9.17) is 14.6 Å². The maximum absolute atomic E-state index is 10.9. The number of phenols is 1. The molecule has 0 spiro atoms. The zero-order valence-electron chi connectivity index (χ0n) is 12.3. The lowest BCUT2D eigenvalue weighted by atomic mass is 10.2. The molecule has 0 aliphatic heterocycles. The van der Waals surface area contributed by atoms with Gasteiger partial charge in [-0.15, -0.1) is 0 Å². The first kappa shape index (κ1) is 15.7. The monoisotopic (exact) mass is 302 g/mol. The molecule has 0 radical (unpaired) electrons. The number of ether oxygens (including phenoxy) is 2. The average molecular weight is 302 g/mol. The summed E-state index contributed by atoms with van der Waals surface area (Å²) in [5, 5.41) is 18.3.